The molecule has 0 aliphatic rings. The van der Waals surface area contributed by atoms with Gasteiger partial charge in [0.25, 0.3) is 5.69 Å². The lowest BCUT2D eigenvalue weighted by Crippen LogP contribution is -2.17. The summed E-state index contributed by atoms with van der Waals surface area (Å²) in [6.07, 6.45) is 0.526. The lowest BCUT2D eigenvalue weighted by atomic mass is 10.2. The molecule has 0 fully saturated rings. The number of oxazole rings is 1. The van der Waals surface area contributed by atoms with Crippen LogP contribution in [0.3, 0.4) is 0 Å². The molecule has 0 atom stereocenters. The van der Waals surface area contributed by atoms with Crippen LogP contribution in [0.1, 0.15) is 12.8 Å². The van der Waals surface area contributed by atoms with Crippen LogP contribution in [0.25, 0.3) is 11.1 Å². The first kappa shape index (κ1) is 17.2. The molecule has 0 radical (unpaired) electrons. The van der Waals surface area contributed by atoms with Gasteiger partial charge in [0.05, 0.1) is 16.5 Å². The summed E-state index contributed by atoms with van der Waals surface area (Å²) >= 11 is 0. The lowest BCUT2D eigenvalue weighted by molar-refractivity contribution is -0.384. The van der Waals surface area contributed by atoms with Gasteiger partial charge in [-0.15, -0.1) is 0 Å². The van der Waals surface area contributed by atoms with Gasteiger partial charge in [-0.25, -0.2) is 4.79 Å². The maximum Gasteiger partial charge on any atom is 0.419 e. The SMILES string of the molecule is O=C(CCCn1c(=O)oc2cc([N+](=O)[O-])ccc21)Nc1cccc(O)c1. The van der Waals surface area contributed by atoms with Crippen LogP contribution in [0.15, 0.2) is 51.7 Å². The predicted octanol–water partition coefficient (Wildman–Crippen LogP) is 2.63. The second-order valence-corrected chi connectivity index (χ2v) is 5.63. The fraction of sp³-hybridized carbons (Fsp3) is 0.176. The second kappa shape index (κ2) is 7.09. The molecule has 0 saturated heterocycles. The first-order valence-corrected chi connectivity index (χ1v) is 7.81. The number of non-ortho nitro benzene ring substituents is 1. The van der Waals surface area contributed by atoms with Crippen LogP contribution in [0.5, 0.6) is 5.75 Å². The number of phenolic OH excluding ortho intramolecular Hbond substituents is 1. The number of hydrogen-bond donors (Lipinski definition) is 2. The van der Waals surface area contributed by atoms with Crippen molar-refractivity contribution >= 4 is 28.4 Å². The summed E-state index contributed by atoms with van der Waals surface area (Å²) in [5.41, 5.74) is 0.888. The van der Waals surface area contributed by atoms with E-state index >= 15 is 0 Å². The molecule has 0 saturated carbocycles. The molecule has 3 aromatic rings. The van der Waals surface area contributed by atoms with Crippen LogP contribution in [-0.4, -0.2) is 20.5 Å². The molecule has 26 heavy (non-hydrogen) atoms. The third-order valence-corrected chi connectivity index (χ3v) is 3.78. The zero-order valence-corrected chi connectivity index (χ0v) is 13.5. The Morgan fingerprint density at radius 1 is 1.27 bits per heavy atom. The molecule has 1 amide bonds. The molecule has 3 rings (SSSR count). The molecule has 134 valence electrons. The van der Waals surface area contributed by atoms with E-state index in [1.807, 2.05) is 0 Å². The van der Waals surface area contributed by atoms with Crippen LogP contribution >= 0.6 is 0 Å². The van der Waals surface area contributed by atoms with Gasteiger partial charge in [0.1, 0.15) is 5.75 Å². The van der Waals surface area contributed by atoms with E-state index in [4.69, 9.17) is 4.42 Å². The van der Waals surface area contributed by atoms with Gasteiger partial charge >= 0.3 is 5.76 Å². The minimum absolute atomic E-state index is 0.0494. The zero-order valence-electron chi connectivity index (χ0n) is 13.5. The average molecular weight is 357 g/mol. The van der Waals surface area contributed by atoms with E-state index in [1.54, 1.807) is 12.1 Å². The number of rotatable bonds is 6. The summed E-state index contributed by atoms with van der Waals surface area (Å²) in [6, 6.07) is 10.1. The highest BCUT2D eigenvalue weighted by molar-refractivity contribution is 5.90. The summed E-state index contributed by atoms with van der Waals surface area (Å²) in [4.78, 5) is 34.1. The average Bonchev–Trinajstić information content (AvgIpc) is 2.89. The number of carbonyl (C=O) groups is 1. The molecule has 0 aliphatic heterocycles. The molecule has 2 aromatic carbocycles. The minimum atomic E-state index is -0.631. The zero-order chi connectivity index (χ0) is 18.7. The quantitative estimate of drug-likeness (QED) is 0.515. The number of hydrogen-bond acceptors (Lipinski definition) is 6. The molecule has 1 heterocycles. The van der Waals surface area contributed by atoms with Crippen LogP contribution in [-0.2, 0) is 11.3 Å². The van der Waals surface area contributed by atoms with Gasteiger partial charge in [0, 0.05) is 30.8 Å². The number of benzene rings is 2. The fourth-order valence-corrected chi connectivity index (χ4v) is 2.59. The van der Waals surface area contributed by atoms with Crippen molar-refractivity contribution in [3.63, 3.8) is 0 Å². The molecular formula is C17H15N3O6. The molecule has 0 unspecified atom stereocenters. The molecule has 9 heteroatoms. The Balaban J connectivity index is 1.64. The molecule has 9 nitrogen and oxygen atoms in total. The van der Waals surface area contributed by atoms with E-state index in [1.165, 1.54) is 34.9 Å². The van der Waals surface area contributed by atoms with Gasteiger partial charge in [-0.05, 0) is 24.6 Å². The Labute approximate surface area is 146 Å². The number of amides is 1. The van der Waals surface area contributed by atoms with E-state index in [9.17, 15) is 24.8 Å². The smallest absolute Gasteiger partial charge is 0.419 e. The summed E-state index contributed by atoms with van der Waals surface area (Å²) in [7, 11) is 0. The Morgan fingerprint density at radius 2 is 2.08 bits per heavy atom. The Kier molecular flexibility index (Phi) is 4.70. The number of nitro benzene ring substituents is 1. The van der Waals surface area contributed by atoms with Gasteiger partial charge in [-0.2, -0.15) is 0 Å². The Bertz CT molecular complexity index is 1040. The minimum Gasteiger partial charge on any atom is -0.508 e. The van der Waals surface area contributed by atoms with E-state index in [0.717, 1.165) is 0 Å². The summed E-state index contributed by atoms with van der Waals surface area (Å²) in [5.74, 6) is -0.839. The van der Waals surface area contributed by atoms with Crippen molar-refractivity contribution in [3.05, 3.63) is 63.1 Å². The van der Waals surface area contributed by atoms with E-state index < -0.39 is 10.7 Å². The number of phenols is 1. The van der Waals surface area contributed by atoms with Crippen molar-refractivity contribution in [2.45, 2.75) is 19.4 Å². The van der Waals surface area contributed by atoms with Crippen LogP contribution < -0.4 is 11.1 Å². The highest BCUT2D eigenvalue weighted by Gasteiger charge is 2.14. The maximum absolute atomic E-state index is 11.9. The number of aromatic hydroxyl groups is 1. The molecular weight excluding hydrogens is 342 g/mol. The maximum atomic E-state index is 11.9. The molecule has 0 aliphatic carbocycles. The van der Waals surface area contributed by atoms with Crippen molar-refractivity contribution in [2.75, 3.05) is 5.32 Å². The highest BCUT2D eigenvalue weighted by Crippen LogP contribution is 2.20. The first-order valence-electron chi connectivity index (χ1n) is 7.81. The van der Waals surface area contributed by atoms with E-state index in [2.05, 4.69) is 5.32 Å². The number of aromatic nitrogens is 1. The van der Waals surface area contributed by atoms with Crippen LogP contribution in [0.2, 0.25) is 0 Å². The normalized spacial score (nSPS) is 10.8. The summed E-state index contributed by atoms with van der Waals surface area (Å²) in [5, 5.41) is 22.8. The number of carbonyl (C=O) groups excluding carboxylic acids is 1. The second-order valence-electron chi connectivity index (χ2n) is 5.63. The van der Waals surface area contributed by atoms with E-state index in [0.29, 0.717) is 17.6 Å². The topological polar surface area (TPSA) is 128 Å². The molecule has 1 aromatic heterocycles. The van der Waals surface area contributed by atoms with Crippen molar-refractivity contribution < 1.29 is 19.2 Å². The number of nitrogens with zero attached hydrogens (tertiary/aromatic N) is 2. The number of fused-ring (bicyclic) bond motifs is 1. The third kappa shape index (κ3) is 3.72. The van der Waals surface area contributed by atoms with Crippen molar-refractivity contribution in [1.29, 1.82) is 0 Å². The third-order valence-electron chi connectivity index (χ3n) is 3.78. The standard InChI is InChI=1S/C17H15N3O6/c21-13-4-1-3-11(9-13)18-16(22)5-2-8-19-14-7-6-12(20(24)25)10-15(14)26-17(19)23/h1,3-4,6-7,9-10,21H,2,5,8H2,(H,18,22). The number of aryl methyl sites for hydroxylation is 1. The summed E-state index contributed by atoms with van der Waals surface area (Å²) < 4.78 is 6.36. The Hall–Kier alpha value is -3.62. The largest absolute Gasteiger partial charge is 0.508 e. The number of nitro groups is 1. The monoisotopic (exact) mass is 357 g/mol. The highest BCUT2D eigenvalue weighted by atomic mass is 16.6. The number of anilines is 1. The van der Waals surface area contributed by atoms with Gasteiger partial charge in [0.15, 0.2) is 5.58 Å². The first-order chi connectivity index (χ1) is 12.4. The van der Waals surface area contributed by atoms with Crippen LogP contribution in [0.4, 0.5) is 11.4 Å². The van der Waals surface area contributed by atoms with Gasteiger partial charge < -0.3 is 14.8 Å². The molecule has 2 N–H and O–H groups in total. The summed E-state index contributed by atoms with van der Waals surface area (Å²) in [6.45, 7) is 0.233. The van der Waals surface area contributed by atoms with Crippen LogP contribution in [0, 0.1) is 10.1 Å². The lowest BCUT2D eigenvalue weighted by Gasteiger charge is -2.06. The van der Waals surface area contributed by atoms with Gasteiger partial charge in [-0.1, -0.05) is 6.07 Å². The van der Waals surface area contributed by atoms with Gasteiger partial charge in [0.2, 0.25) is 5.91 Å². The van der Waals surface area contributed by atoms with Gasteiger partial charge in [-0.3, -0.25) is 19.5 Å². The predicted molar refractivity (Wildman–Crippen MR) is 93.1 cm³/mol. The van der Waals surface area contributed by atoms with E-state index in [-0.39, 0.29) is 35.9 Å². The van der Waals surface area contributed by atoms with Crippen molar-refractivity contribution in [1.82, 2.24) is 4.57 Å². The van der Waals surface area contributed by atoms with Crippen molar-refractivity contribution in [3.8, 4) is 5.75 Å². The molecule has 0 spiro atoms. The number of nitrogens with one attached hydrogen (secondary N) is 1. The molecule has 0 bridgehead atoms. The van der Waals surface area contributed by atoms with Crippen molar-refractivity contribution in [2.24, 2.45) is 0 Å². The fourth-order valence-electron chi connectivity index (χ4n) is 2.59. The Morgan fingerprint density at radius 3 is 2.81 bits per heavy atom.